The molecule has 0 aliphatic carbocycles. The summed E-state index contributed by atoms with van der Waals surface area (Å²) in [5.74, 6) is -0.172. The van der Waals surface area contributed by atoms with Gasteiger partial charge in [-0.1, -0.05) is 6.07 Å². The number of nitrogen functional groups attached to an aromatic ring is 1. The Hall–Kier alpha value is -2.08. The normalized spacial score (nSPS) is 16.5. The Kier molecular flexibility index (Phi) is 4.35. The second-order valence-electron chi connectivity index (χ2n) is 4.59. The summed E-state index contributed by atoms with van der Waals surface area (Å²) in [6, 6.07) is 7.02. The van der Waals surface area contributed by atoms with Crippen LogP contribution in [0.4, 0.5) is 11.4 Å². The molecule has 2 rings (SSSR count). The molecule has 0 aromatic heterocycles. The predicted molar refractivity (Wildman–Crippen MR) is 73.6 cm³/mol. The average Bonchev–Trinajstić information content (AvgIpc) is 2.53. The summed E-state index contributed by atoms with van der Waals surface area (Å²) in [5, 5.41) is 5.55. The van der Waals surface area contributed by atoms with Gasteiger partial charge in [0, 0.05) is 24.5 Å². The van der Waals surface area contributed by atoms with Gasteiger partial charge in [0.15, 0.2) is 0 Å². The molecule has 0 saturated carbocycles. The van der Waals surface area contributed by atoms with Crippen LogP contribution in [-0.2, 0) is 9.59 Å². The SMILES string of the molecule is Nc1cccc(NC(=O)CN2CCCNC(=O)C2)c1. The lowest BCUT2D eigenvalue weighted by molar-refractivity contribution is -0.122. The summed E-state index contributed by atoms with van der Waals surface area (Å²) < 4.78 is 0. The zero-order chi connectivity index (χ0) is 13.7. The van der Waals surface area contributed by atoms with Gasteiger partial charge in [0.25, 0.3) is 0 Å². The first-order valence-electron chi connectivity index (χ1n) is 6.28. The van der Waals surface area contributed by atoms with E-state index in [4.69, 9.17) is 5.73 Å². The van der Waals surface area contributed by atoms with Crippen LogP contribution >= 0.6 is 0 Å². The minimum Gasteiger partial charge on any atom is -0.399 e. The highest BCUT2D eigenvalue weighted by Gasteiger charge is 2.17. The maximum Gasteiger partial charge on any atom is 0.238 e. The van der Waals surface area contributed by atoms with Crippen LogP contribution in [0.3, 0.4) is 0 Å². The quantitative estimate of drug-likeness (QED) is 0.671. The van der Waals surface area contributed by atoms with E-state index in [-0.39, 0.29) is 24.9 Å². The van der Waals surface area contributed by atoms with Crippen molar-refractivity contribution in [3.05, 3.63) is 24.3 Å². The highest BCUT2D eigenvalue weighted by Crippen LogP contribution is 2.11. The summed E-state index contributed by atoms with van der Waals surface area (Å²) in [6.45, 7) is 1.89. The van der Waals surface area contributed by atoms with E-state index >= 15 is 0 Å². The zero-order valence-corrected chi connectivity index (χ0v) is 10.7. The van der Waals surface area contributed by atoms with Gasteiger partial charge in [0.05, 0.1) is 13.1 Å². The van der Waals surface area contributed by atoms with Gasteiger partial charge in [0.1, 0.15) is 0 Å². The van der Waals surface area contributed by atoms with Crippen molar-refractivity contribution in [3.8, 4) is 0 Å². The van der Waals surface area contributed by atoms with Crippen LogP contribution in [0.2, 0.25) is 0 Å². The number of hydrogen-bond donors (Lipinski definition) is 3. The lowest BCUT2D eigenvalue weighted by Crippen LogP contribution is -2.38. The standard InChI is InChI=1S/C13H18N4O2/c14-10-3-1-4-11(7-10)16-13(19)9-17-6-2-5-15-12(18)8-17/h1,3-4,7H,2,5-6,8-9,14H2,(H,15,18)(H,16,19). The molecule has 6 nitrogen and oxygen atoms in total. The molecule has 0 atom stereocenters. The first kappa shape index (κ1) is 13.4. The van der Waals surface area contributed by atoms with Crippen LogP contribution in [-0.4, -0.2) is 42.9 Å². The number of amides is 2. The molecule has 0 bridgehead atoms. The van der Waals surface area contributed by atoms with Crippen LogP contribution in [0.5, 0.6) is 0 Å². The number of carbonyl (C=O) groups excluding carboxylic acids is 2. The van der Waals surface area contributed by atoms with Gasteiger partial charge in [-0.3, -0.25) is 14.5 Å². The number of nitrogens with zero attached hydrogens (tertiary/aromatic N) is 1. The average molecular weight is 262 g/mol. The van der Waals surface area contributed by atoms with Crippen molar-refractivity contribution in [2.45, 2.75) is 6.42 Å². The minimum absolute atomic E-state index is 0.0331. The molecule has 1 fully saturated rings. The Morgan fingerprint density at radius 1 is 1.47 bits per heavy atom. The Morgan fingerprint density at radius 2 is 2.32 bits per heavy atom. The van der Waals surface area contributed by atoms with Crippen molar-refractivity contribution >= 4 is 23.2 Å². The Balaban J connectivity index is 1.88. The zero-order valence-electron chi connectivity index (χ0n) is 10.7. The number of rotatable bonds is 3. The van der Waals surface area contributed by atoms with Crippen molar-refractivity contribution in [3.63, 3.8) is 0 Å². The molecule has 2 amide bonds. The van der Waals surface area contributed by atoms with Crippen molar-refractivity contribution in [2.75, 3.05) is 37.2 Å². The van der Waals surface area contributed by atoms with E-state index in [0.717, 1.165) is 13.0 Å². The van der Waals surface area contributed by atoms with Crippen molar-refractivity contribution in [2.24, 2.45) is 0 Å². The lowest BCUT2D eigenvalue weighted by Gasteiger charge is -2.17. The number of anilines is 2. The first-order chi connectivity index (χ1) is 9.13. The third kappa shape index (κ3) is 4.26. The molecule has 6 heteroatoms. The Labute approximate surface area is 112 Å². The van der Waals surface area contributed by atoms with Crippen LogP contribution in [0.15, 0.2) is 24.3 Å². The molecule has 19 heavy (non-hydrogen) atoms. The number of benzene rings is 1. The molecule has 0 radical (unpaired) electrons. The van der Waals surface area contributed by atoms with E-state index < -0.39 is 0 Å². The van der Waals surface area contributed by atoms with E-state index in [1.54, 1.807) is 24.3 Å². The van der Waals surface area contributed by atoms with E-state index in [1.165, 1.54) is 0 Å². The summed E-state index contributed by atoms with van der Waals surface area (Å²) >= 11 is 0. The van der Waals surface area contributed by atoms with Gasteiger partial charge >= 0.3 is 0 Å². The first-order valence-corrected chi connectivity index (χ1v) is 6.28. The van der Waals surface area contributed by atoms with Crippen LogP contribution < -0.4 is 16.4 Å². The number of nitrogens with one attached hydrogen (secondary N) is 2. The Bertz CT molecular complexity index is 475. The molecule has 1 aliphatic heterocycles. The van der Waals surface area contributed by atoms with E-state index in [9.17, 15) is 9.59 Å². The van der Waals surface area contributed by atoms with Crippen molar-refractivity contribution in [1.29, 1.82) is 0 Å². The van der Waals surface area contributed by atoms with Crippen molar-refractivity contribution in [1.82, 2.24) is 10.2 Å². The molecule has 1 aromatic rings. The van der Waals surface area contributed by atoms with Gasteiger partial charge in [-0.2, -0.15) is 0 Å². The molecule has 1 saturated heterocycles. The molecule has 4 N–H and O–H groups in total. The molecular formula is C13H18N4O2. The van der Waals surface area contributed by atoms with Gasteiger partial charge in [-0.15, -0.1) is 0 Å². The minimum atomic E-state index is -0.139. The van der Waals surface area contributed by atoms with E-state index in [1.807, 2.05) is 4.90 Å². The van der Waals surface area contributed by atoms with Crippen LogP contribution in [0, 0.1) is 0 Å². The molecule has 1 heterocycles. The predicted octanol–water partition coefficient (Wildman–Crippen LogP) is 0.0292. The third-order valence-electron chi connectivity index (χ3n) is 2.88. The molecule has 1 aliphatic rings. The summed E-state index contributed by atoms with van der Waals surface area (Å²) in [5.41, 5.74) is 6.92. The van der Waals surface area contributed by atoms with E-state index in [2.05, 4.69) is 10.6 Å². The summed E-state index contributed by atoms with van der Waals surface area (Å²) in [6.07, 6.45) is 0.858. The van der Waals surface area contributed by atoms with Crippen LogP contribution in [0.1, 0.15) is 6.42 Å². The number of hydrogen-bond acceptors (Lipinski definition) is 4. The lowest BCUT2D eigenvalue weighted by atomic mass is 10.3. The largest absolute Gasteiger partial charge is 0.399 e. The van der Waals surface area contributed by atoms with Crippen LogP contribution in [0.25, 0.3) is 0 Å². The highest BCUT2D eigenvalue weighted by molar-refractivity contribution is 5.93. The van der Waals surface area contributed by atoms with Crippen molar-refractivity contribution < 1.29 is 9.59 Å². The number of nitrogens with two attached hydrogens (primary N) is 1. The second kappa shape index (κ2) is 6.19. The highest BCUT2D eigenvalue weighted by atomic mass is 16.2. The molecule has 0 unspecified atom stereocenters. The maximum absolute atomic E-state index is 11.9. The maximum atomic E-state index is 11.9. The smallest absolute Gasteiger partial charge is 0.238 e. The molecular weight excluding hydrogens is 244 g/mol. The topological polar surface area (TPSA) is 87.5 Å². The fourth-order valence-electron chi connectivity index (χ4n) is 2.02. The van der Waals surface area contributed by atoms with Gasteiger partial charge in [-0.25, -0.2) is 0 Å². The monoisotopic (exact) mass is 262 g/mol. The number of carbonyl (C=O) groups is 2. The third-order valence-corrected chi connectivity index (χ3v) is 2.88. The fourth-order valence-corrected chi connectivity index (χ4v) is 2.02. The molecule has 0 spiro atoms. The fraction of sp³-hybridized carbons (Fsp3) is 0.385. The molecule has 102 valence electrons. The molecule has 1 aromatic carbocycles. The summed E-state index contributed by atoms with van der Waals surface area (Å²) in [7, 11) is 0. The summed E-state index contributed by atoms with van der Waals surface area (Å²) in [4.78, 5) is 25.1. The Morgan fingerprint density at radius 3 is 3.11 bits per heavy atom. The van der Waals surface area contributed by atoms with E-state index in [0.29, 0.717) is 17.9 Å². The van der Waals surface area contributed by atoms with Gasteiger partial charge in [-0.05, 0) is 24.6 Å². The van der Waals surface area contributed by atoms with Gasteiger partial charge < -0.3 is 16.4 Å². The van der Waals surface area contributed by atoms with Gasteiger partial charge in [0.2, 0.25) is 11.8 Å². The second-order valence-corrected chi connectivity index (χ2v) is 4.59.